The Balaban J connectivity index is 1.84. The van der Waals surface area contributed by atoms with E-state index in [0.29, 0.717) is 25.3 Å². The number of nitrogens with zero attached hydrogens (tertiary/aromatic N) is 2. The Morgan fingerprint density at radius 3 is 2.95 bits per heavy atom. The molecule has 2 rings (SSSR count). The number of amides is 1. The predicted octanol–water partition coefficient (Wildman–Crippen LogP) is 1.12. The molecule has 1 heterocycles. The molecule has 1 aromatic heterocycles. The van der Waals surface area contributed by atoms with Crippen molar-refractivity contribution in [3.63, 3.8) is 0 Å². The molecule has 1 aromatic carbocycles. The first-order valence-electron chi connectivity index (χ1n) is 6.75. The van der Waals surface area contributed by atoms with Gasteiger partial charge >= 0.3 is 0 Å². The molecule has 0 fully saturated rings. The number of carbonyl (C=O) groups excluding carboxylic acids is 1. The molecule has 0 saturated heterocycles. The fourth-order valence-corrected chi connectivity index (χ4v) is 2.04. The summed E-state index contributed by atoms with van der Waals surface area (Å²) in [6.45, 7) is 3.88. The number of nitrogens with two attached hydrogens (primary N) is 1. The maximum Gasteiger partial charge on any atom is 0.271 e. The lowest BCUT2D eigenvalue weighted by Gasteiger charge is -2.06. The number of hydrogen-bond donors (Lipinski definition) is 2. The standard InChI is InChI=1S/C15H20N4O/c1-12-4-2-3-5-13(12)6-8-17-15(20)14-10-19(9-7-16)11-18-14/h2-5,10-11H,6-9,16H2,1H3,(H,17,20). The highest BCUT2D eigenvalue weighted by molar-refractivity contribution is 5.91. The monoisotopic (exact) mass is 272 g/mol. The summed E-state index contributed by atoms with van der Waals surface area (Å²) >= 11 is 0. The molecule has 0 spiro atoms. The lowest BCUT2D eigenvalue weighted by Crippen LogP contribution is -2.26. The Labute approximate surface area is 118 Å². The second kappa shape index (κ2) is 6.86. The normalized spacial score (nSPS) is 10.5. The number of imidazole rings is 1. The molecule has 106 valence electrons. The zero-order valence-corrected chi connectivity index (χ0v) is 11.7. The molecule has 2 aromatic rings. The average molecular weight is 272 g/mol. The number of carbonyl (C=O) groups is 1. The van der Waals surface area contributed by atoms with Gasteiger partial charge in [0, 0.05) is 25.8 Å². The zero-order valence-electron chi connectivity index (χ0n) is 11.7. The lowest BCUT2D eigenvalue weighted by atomic mass is 10.1. The van der Waals surface area contributed by atoms with E-state index in [9.17, 15) is 4.79 Å². The van der Waals surface area contributed by atoms with Gasteiger partial charge in [0.15, 0.2) is 0 Å². The van der Waals surface area contributed by atoms with Gasteiger partial charge in [-0.25, -0.2) is 4.98 Å². The van der Waals surface area contributed by atoms with Gasteiger partial charge in [-0.1, -0.05) is 24.3 Å². The van der Waals surface area contributed by atoms with Gasteiger partial charge in [-0.15, -0.1) is 0 Å². The van der Waals surface area contributed by atoms with Crippen LogP contribution < -0.4 is 11.1 Å². The quantitative estimate of drug-likeness (QED) is 0.827. The number of nitrogens with one attached hydrogen (secondary N) is 1. The molecular weight excluding hydrogens is 252 g/mol. The van der Waals surface area contributed by atoms with Crippen molar-refractivity contribution in [1.29, 1.82) is 0 Å². The van der Waals surface area contributed by atoms with Gasteiger partial charge in [0.2, 0.25) is 0 Å². The van der Waals surface area contributed by atoms with Crippen LogP contribution in [0.1, 0.15) is 21.6 Å². The van der Waals surface area contributed by atoms with Crippen molar-refractivity contribution in [1.82, 2.24) is 14.9 Å². The number of aryl methyl sites for hydroxylation is 1. The third-order valence-corrected chi connectivity index (χ3v) is 3.19. The summed E-state index contributed by atoms with van der Waals surface area (Å²) in [6.07, 6.45) is 4.17. The van der Waals surface area contributed by atoms with Crippen molar-refractivity contribution in [2.24, 2.45) is 5.73 Å². The molecule has 5 nitrogen and oxygen atoms in total. The third kappa shape index (κ3) is 3.68. The fraction of sp³-hybridized carbons (Fsp3) is 0.333. The van der Waals surface area contributed by atoms with Crippen molar-refractivity contribution < 1.29 is 4.79 Å². The minimum absolute atomic E-state index is 0.144. The largest absolute Gasteiger partial charge is 0.350 e. The van der Waals surface area contributed by atoms with Crippen LogP contribution in [0.4, 0.5) is 0 Å². The summed E-state index contributed by atoms with van der Waals surface area (Å²) < 4.78 is 1.82. The predicted molar refractivity (Wildman–Crippen MR) is 78.5 cm³/mol. The van der Waals surface area contributed by atoms with Crippen molar-refractivity contribution >= 4 is 5.91 Å². The van der Waals surface area contributed by atoms with Crippen LogP contribution in [0.5, 0.6) is 0 Å². The van der Waals surface area contributed by atoms with Gasteiger partial charge in [0.1, 0.15) is 5.69 Å². The molecule has 0 aliphatic carbocycles. The molecule has 0 saturated carbocycles. The average Bonchev–Trinajstić information content (AvgIpc) is 2.90. The Bertz CT molecular complexity index is 577. The maximum absolute atomic E-state index is 11.9. The lowest BCUT2D eigenvalue weighted by molar-refractivity contribution is 0.0949. The van der Waals surface area contributed by atoms with E-state index in [4.69, 9.17) is 5.73 Å². The second-order valence-corrected chi connectivity index (χ2v) is 4.72. The third-order valence-electron chi connectivity index (χ3n) is 3.19. The Morgan fingerprint density at radius 2 is 2.20 bits per heavy atom. The second-order valence-electron chi connectivity index (χ2n) is 4.72. The molecule has 0 aliphatic heterocycles. The molecule has 0 unspecified atom stereocenters. The van der Waals surface area contributed by atoms with Gasteiger partial charge in [0.05, 0.1) is 6.33 Å². The van der Waals surface area contributed by atoms with Crippen LogP contribution >= 0.6 is 0 Å². The molecule has 5 heteroatoms. The van der Waals surface area contributed by atoms with Crippen LogP contribution in [0.3, 0.4) is 0 Å². The summed E-state index contributed by atoms with van der Waals surface area (Å²) in [6, 6.07) is 8.18. The van der Waals surface area contributed by atoms with Gasteiger partial charge < -0.3 is 15.6 Å². The van der Waals surface area contributed by atoms with Crippen LogP contribution in [-0.4, -0.2) is 28.5 Å². The molecule has 1 amide bonds. The summed E-state index contributed by atoms with van der Waals surface area (Å²) in [7, 11) is 0. The van der Waals surface area contributed by atoms with Crippen LogP contribution in [0.2, 0.25) is 0 Å². The molecule has 0 radical (unpaired) electrons. The van der Waals surface area contributed by atoms with Crippen molar-refractivity contribution in [2.45, 2.75) is 19.9 Å². The maximum atomic E-state index is 11.9. The van der Waals surface area contributed by atoms with Gasteiger partial charge in [-0.05, 0) is 24.5 Å². The minimum Gasteiger partial charge on any atom is -0.350 e. The zero-order chi connectivity index (χ0) is 14.4. The first kappa shape index (κ1) is 14.3. The van der Waals surface area contributed by atoms with Crippen LogP contribution in [0.25, 0.3) is 0 Å². The van der Waals surface area contributed by atoms with E-state index in [1.165, 1.54) is 11.1 Å². The Kier molecular flexibility index (Phi) is 4.90. The Morgan fingerprint density at radius 1 is 1.40 bits per heavy atom. The van der Waals surface area contributed by atoms with E-state index in [1.54, 1.807) is 12.5 Å². The first-order valence-corrected chi connectivity index (χ1v) is 6.75. The molecule has 0 atom stereocenters. The summed E-state index contributed by atoms with van der Waals surface area (Å²) in [5.74, 6) is -0.144. The van der Waals surface area contributed by atoms with E-state index in [2.05, 4.69) is 29.4 Å². The summed E-state index contributed by atoms with van der Waals surface area (Å²) in [5.41, 5.74) is 8.38. The molecular formula is C15H20N4O. The molecule has 0 bridgehead atoms. The van der Waals surface area contributed by atoms with E-state index >= 15 is 0 Å². The van der Waals surface area contributed by atoms with E-state index in [0.717, 1.165) is 6.42 Å². The van der Waals surface area contributed by atoms with Crippen molar-refractivity contribution in [3.05, 3.63) is 53.6 Å². The van der Waals surface area contributed by atoms with Gasteiger partial charge in [-0.3, -0.25) is 4.79 Å². The molecule has 20 heavy (non-hydrogen) atoms. The highest BCUT2D eigenvalue weighted by Crippen LogP contribution is 2.07. The first-order chi connectivity index (χ1) is 9.70. The topological polar surface area (TPSA) is 72.9 Å². The number of aromatic nitrogens is 2. The smallest absolute Gasteiger partial charge is 0.271 e. The van der Waals surface area contributed by atoms with E-state index in [1.807, 2.05) is 16.7 Å². The Hall–Kier alpha value is -2.14. The van der Waals surface area contributed by atoms with Gasteiger partial charge in [-0.2, -0.15) is 0 Å². The molecule has 0 aliphatic rings. The summed E-state index contributed by atoms with van der Waals surface area (Å²) in [5, 5.41) is 2.88. The van der Waals surface area contributed by atoms with Crippen LogP contribution in [-0.2, 0) is 13.0 Å². The van der Waals surface area contributed by atoms with E-state index in [-0.39, 0.29) is 5.91 Å². The number of hydrogen-bond acceptors (Lipinski definition) is 3. The SMILES string of the molecule is Cc1ccccc1CCNC(=O)c1cn(CCN)cn1. The number of benzene rings is 1. The minimum atomic E-state index is -0.144. The highest BCUT2D eigenvalue weighted by atomic mass is 16.1. The van der Waals surface area contributed by atoms with Crippen molar-refractivity contribution in [3.8, 4) is 0 Å². The summed E-state index contributed by atoms with van der Waals surface area (Å²) in [4.78, 5) is 16.0. The van der Waals surface area contributed by atoms with Crippen LogP contribution in [0.15, 0.2) is 36.8 Å². The van der Waals surface area contributed by atoms with Crippen LogP contribution in [0, 0.1) is 6.92 Å². The van der Waals surface area contributed by atoms with E-state index < -0.39 is 0 Å². The number of rotatable bonds is 6. The fourth-order valence-electron chi connectivity index (χ4n) is 2.04. The van der Waals surface area contributed by atoms with Gasteiger partial charge in [0.25, 0.3) is 5.91 Å². The highest BCUT2D eigenvalue weighted by Gasteiger charge is 2.08. The van der Waals surface area contributed by atoms with Crippen molar-refractivity contribution in [2.75, 3.05) is 13.1 Å². The molecule has 3 N–H and O–H groups in total.